The first-order chi connectivity index (χ1) is 6.18. The van der Waals surface area contributed by atoms with Gasteiger partial charge in [-0.15, -0.1) is 0 Å². The molecule has 0 aromatic carbocycles. The van der Waals surface area contributed by atoms with Crippen LogP contribution in [0.2, 0.25) is 0 Å². The first kappa shape index (κ1) is 8.48. The second-order valence-corrected chi connectivity index (χ2v) is 3.83. The van der Waals surface area contributed by atoms with Crippen molar-refractivity contribution in [2.75, 3.05) is 0 Å². The van der Waals surface area contributed by atoms with E-state index < -0.39 is 0 Å². The van der Waals surface area contributed by atoms with Crippen molar-refractivity contribution in [1.82, 2.24) is 5.32 Å². The molecule has 1 aliphatic carbocycles. The summed E-state index contributed by atoms with van der Waals surface area (Å²) in [4.78, 5) is 22.8. The first-order valence-corrected chi connectivity index (χ1v) is 4.74. The predicted octanol–water partition coefficient (Wildman–Crippen LogP) is 1.15. The zero-order chi connectivity index (χ0) is 9.42. The number of ketones is 1. The summed E-state index contributed by atoms with van der Waals surface area (Å²) in [6, 6.07) is 0. The third kappa shape index (κ3) is 1.39. The molecule has 0 fully saturated rings. The Bertz CT molecular complexity index is 304. The van der Waals surface area contributed by atoms with Crippen molar-refractivity contribution in [3.05, 3.63) is 11.3 Å². The van der Waals surface area contributed by atoms with Gasteiger partial charge >= 0.3 is 0 Å². The van der Waals surface area contributed by atoms with Gasteiger partial charge in [0.2, 0.25) is 5.91 Å². The van der Waals surface area contributed by atoms with Crippen LogP contribution in [-0.4, -0.2) is 11.7 Å². The Hall–Kier alpha value is -1.12. The van der Waals surface area contributed by atoms with E-state index in [1.165, 1.54) is 0 Å². The Morgan fingerprint density at radius 1 is 1.31 bits per heavy atom. The van der Waals surface area contributed by atoms with Gasteiger partial charge < -0.3 is 5.32 Å². The molecule has 13 heavy (non-hydrogen) atoms. The topological polar surface area (TPSA) is 46.2 Å². The summed E-state index contributed by atoms with van der Waals surface area (Å²) in [5, 5.41) is 2.82. The number of carbonyl (C=O) groups is 2. The Balaban J connectivity index is 2.31. The van der Waals surface area contributed by atoms with E-state index >= 15 is 0 Å². The van der Waals surface area contributed by atoms with E-state index in [4.69, 9.17) is 0 Å². The van der Waals surface area contributed by atoms with Crippen molar-refractivity contribution in [2.24, 2.45) is 5.92 Å². The molecule has 0 aromatic heterocycles. The smallest absolute Gasteiger partial charge is 0.227 e. The second-order valence-electron chi connectivity index (χ2n) is 3.83. The van der Waals surface area contributed by atoms with E-state index in [-0.39, 0.29) is 17.6 Å². The molecule has 1 amide bonds. The minimum Gasteiger partial charge on any atom is -0.329 e. The van der Waals surface area contributed by atoms with Crippen LogP contribution in [0.25, 0.3) is 0 Å². The largest absolute Gasteiger partial charge is 0.329 e. The first-order valence-electron chi connectivity index (χ1n) is 4.74. The van der Waals surface area contributed by atoms with Crippen LogP contribution in [-0.2, 0) is 9.59 Å². The van der Waals surface area contributed by atoms with Crippen LogP contribution in [0.3, 0.4) is 0 Å². The molecule has 3 nitrogen and oxygen atoms in total. The summed E-state index contributed by atoms with van der Waals surface area (Å²) in [7, 11) is 0. The molecule has 0 unspecified atom stereocenters. The Morgan fingerprint density at radius 3 is 2.85 bits per heavy atom. The molecule has 2 rings (SSSR count). The van der Waals surface area contributed by atoms with Crippen LogP contribution in [0.1, 0.15) is 32.6 Å². The summed E-state index contributed by atoms with van der Waals surface area (Å²) < 4.78 is 0. The molecule has 0 saturated heterocycles. The molecule has 0 spiro atoms. The summed E-state index contributed by atoms with van der Waals surface area (Å²) in [5.41, 5.74) is 1.76. The lowest BCUT2D eigenvalue weighted by atomic mass is 9.85. The fraction of sp³-hybridized carbons (Fsp3) is 0.600. The number of hydrogen-bond acceptors (Lipinski definition) is 2. The summed E-state index contributed by atoms with van der Waals surface area (Å²) in [5.74, 6) is 0.252. The van der Waals surface area contributed by atoms with Gasteiger partial charge in [-0.2, -0.15) is 0 Å². The molecule has 1 N–H and O–H groups in total. The lowest BCUT2D eigenvalue weighted by Crippen LogP contribution is -2.37. The van der Waals surface area contributed by atoms with E-state index in [1.807, 2.05) is 6.92 Å². The zero-order valence-corrected chi connectivity index (χ0v) is 7.72. The van der Waals surface area contributed by atoms with Crippen molar-refractivity contribution < 1.29 is 9.59 Å². The van der Waals surface area contributed by atoms with Gasteiger partial charge in [0.15, 0.2) is 5.78 Å². The summed E-state index contributed by atoms with van der Waals surface area (Å²) in [6.45, 7) is 1.86. The van der Waals surface area contributed by atoms with Gasteiger partial charge in [-0.25, -0.2) is 0 Å². The van der Waals surface area contributed by atoms with E-state index in [0.717, 1.165) is 24.1 Å². The van der Waals surface area contributed by atoms with Crippen molar-refractivity contribution in [2.45, 2.75) is 32.6 Å². The van der Waals surface area contributed by atoms with Gasteiger partial charge in [-0.1, -0.05) is 6.92 Å². The minimum atomic E-state index is -0.0409. The molecule has 3 heteroatoms. The minimum absolute atomic E-state index is 0.0409. The molecule has 0 radical (unpaired) electrons. The maximum Gasteiger partial charge on any atom is 0.227 e. The highest BCUT2D eigenvalue weighted by Crippen LogP contribution is 2.28. The van der Waals surface area contributed by atoms with E-state index in [1.54, 1.807) is 0 Å². The molecule has 0 bridgehead atoms. The number of rotatable bonds is 0. The highest BCUT2D eigenvalue weighted by atomic mass is 16.2. The van der Waals surface area contributed by atoms with E-state index in [0.29, 0.717) is 12.8 Å². The lowest BCUT2D eigenvalue weighted by Gasteiger charge is -2.27. The average molecular weight is 179 g/mol. The number of amides is 1. The van der Waals surface area contributed by atoms with E-state index in [2.05, 4.69) is 5.32 Å². The van der Waals surface area contributed by atoms with E-state index in [9.17, 15) is 9.59 Å². The fourth-order valence-corrected chi connectivity index (χ4v) is 1.94. The summed E-state index contributed by atoms with van der Waals surface area (Å²) in [6.07, 6.45) is 3.04. The van der Waals surface area contributed by atoms with Crippen LogP contribution in [0.5, 0.6) is 0 Å². The maximum absolute atomic E-state index is 11.5. The molecule has 2 aliphatic rings. The monoisotopic (exact) mass is 179 g/mol. The fourth-order valence-electron chi connectivity index (χ4n) is 1.94. The average Bonchev–Trinajstić information content (AvgIpc) is 2.09. The highest BCUT2D eigenvalue weighted by molar-refractivity contribution is 5.99. The molecule has 0 saturated carbocycles. The Morgan fingerprint density at radius 2 is 2.08 bits per heavy atom. The summed E-state index contributed by atoms with van der Waals surface area (Å²) >= 11 is 0. The number of nitrogens with one attached hydrogen (secondary N) is 1. The Kier molecular flexibility index (Phi) is 1.94. The van der Waals surface area contributed by atoms with Gasteiger partial charge in [0.1, 0.15) is 0 Å². The number of Topliss-reactive ketones (excluding diaryl/α,β-unsaturated/α-hetero) is 1. The molecule has 1 heterocycles. The molecular weight excluding hydrogens is 166 g/mol. The van der Waals surface area contributed by atoms with Gasteiger partial charge in [0.25, 0.3) is 0 Å². The van der Waals surface area contributed by atoms with Crippen LogP contribution in [0, 0.1) is 5.92 Å². The van der Waals surface area contributed by atoms with Crippen LogP contribution in [0.15, 0.2) is 11.3 Å². The van der Waals surface area contributed by atoms with Crippen LogP contribution in [0.4, 0.5) is 0 Å². The number of allylic oxidation sites excluding steroid dienone is 2. The third-order valence-corrected chi connectivity index (χ3v) is 2.76. The van der Waals surface area contributed by atoms with Crippen LogP contribution < -0.4 is 5.32 Å². The van der Waals surface area contributed by atoms with Crippen LogP contribution >= 0.6 is 0 Å². The molecule has 0 aromatic rings. The number of hydrogen-bond donors (Lipinski definition) is 1. The van der Waals surface area contributed by atoms with Crippen molar-refractivity contribution in [1.29, 1.82) is 0 Å². The quantitative estimate of drug-likeness (QED) is 0.606. The highest BCUT2D eigenvalue weighted by Gasteiger charge is 2.29. The normalized spacial score (nSPS) is 28.5. The van der Waals surface area contributed by atoms with Crippen molar-refractivity contribution in [3.63, 3.8) is 0 Å². The van der Waals surface area contributed by atoms with Gasteiger partial charge in [-0.05, 0) is 19.3 Å². The van der Waals surface area contributed by atoms with Gasteiger partial charge in [-0.3, -0.25) is 9.59 Å². The maximum atomic E-state index is 11.5. The lowest BCUT2D eigenvalue weighted by molar-refractivity contribution is -0.125. The van der Waals surface area contributed by atoms with Crippen molar-refractivity contribution in [3.8, 4) is 0 Å². The predicted molar refractivity (Wildman–Crippen MR) is 47.8 cm³/mol. The van der Waals surface area contributed by atoms with Gasteiger partial charge in [0, 0.05) is 23.6 Å². The third-order valence-electron chi connectivity index (χ3n) is 2.76. The standard InChI is InChI=1S/C10H13NO2/c1-6-5-7-8(11-10(6)13)3-2-4-9(7)12/h6H,2-5H2,1H3,(H,11,13)/t6-/m0/s1. The Labute approximate surface area is 77.2 Å². The zero-order valence-electron chi connectivity index (χ0n) is 7.72. The molecule has 1 aliphatic heterocycles. The van der Waals surface area contributed by atoms with Gasteiger partial charge in [0.05, 0.1) is 0 Å². The van der Waals surface area contributed by atoms with Crippen molar-refractivity contribution >= 4 is 11.7 Å². The molecule has 70 valence electrons. The SMILES string of the molecule is C[C@H]1CC2=C(CCCC2=O)NC1=O. The molecular formula is C10H13NO2. The number of carbonyl (C=O) groups excluding carboxylic acids is 2. The molecule has 1 atom stereocenters. The second kappa shape index (κ2) is 2.98.